The lowest BCUT2D eigenvalue weighted by molar-refractivity contribution is 0.125. The molecule has 38 heavy (non-hydrogen) atoms. The Balaban J connectivity index is 1.60. The molecule has 5 aromatic rings. The Labute approximate surface area is 232 Å². The molecule has 1 aliphatic rings. The third kappa shape index (κ3) is 4.47. The number of nitrogens with zero attached hydrogens (tertiary/aromatic N) is 3. The number of pyridine rings is 3. The van der Waals surface area contributed by atoms with Crippen molar-refractivity contribution in [3.05, 3.63) is 124 Å². The molecular weight excluding hydrogens is 513 g/mol. The first-order valence-electron chi connectivity index (χ1n) is 13.0. The van der Waals surface area contributed by atoms with Crippen molar-refractivity contribution < 1.29 is 5.11 Å². The molecule has 6 heteroatoms. The van der Waals surface area contributed by atoms with Gasteiger partial charge in [-0.25, -0.2) is 4.98 Å². The van der Waals surface area contributed by atoms with Gasteiger partial charge in [0.05, 0.1) is 16.2 Å². The van der Waals surface area contributed by atoms with Gasteiger partial charge in [-0.1, -0.05) is 66.7 Å². The summed E-state index contributed by atoms with van der Waals surface area (Å²) in [4.78, 5) is 13.8. The molecular formula is C32H27Cl2N3O. The van der Waals surface area contributed by atoms with Gasteiger partial charge in [0, 0.05) is 51.9 Å². The van der Waals surface area contributed by atoms with E-state index in [1.165, 1.54) is 19.3 Å². The van der Waals surface area contributed by atoms with Gasteiger partial charge in [0.25, 0.3) is 0 Å². The van der Waals surface area contributed by atoms with E-state index in [4.69, 9.17) is 28.2 Å². The van der Waals surface area contributed by atoms with Crippen LogP contribution in [0.2, 0.25) is 10.0 Å². The van der Waals surface area contributed by atoms with Crippen molar-refractivity contribution in [1.29, 1.82) is 0 Å². The molecule has 0 bridgehead atoms. The Morgan fingerprint density at radius 3 is 2.21 bits per heavy atom. The van der Waals surface area contributed by atoms with Gasteiger partial charge in [0.15, 0.2) is 0 Å². The fraction of sp³-hybridized carbons (Fsp3) is 0.219. The molecule has 1 unspecified atom stereocenters. The van der Waals surface area contributed by atoms with E-state index in [1.54, 1.807) is 30.7 Å². The summed E-state index contributed by atoms with van der Waals surface area (Å²) in [6, 6.07) is 20.8. The zero-order valence-electron chi connectivity index (χ0n) is 20.8. The highest BCUT2D eigenvalue weighted by atomic mass is 35.5. The minimum atomic E-state index is -1.48. The quantitative estimate of drug-likeness (QED) is 0.244. The number of aliphatic hydroxyl groups is 1. The van der Waals surface area contributed by atoms with E-state index < -0.39 is 5.60 Å². The Morgan fingerprint density at radius 1 is 0.763 bits per heavy atom. The van der Waals surface area contributed by atoms with Gasteiger partial charge < -0.3 is 5.11 Å². The fourth-order valence-electron chi connectivity index (χ4n) is 5.74. The third-order valence-corrected chi connectivity index (χ3v) is 8.29. The van der Waals surface area contributed by atoms with Gasteiger partial charge in [-0.05, 0) is 72.4 Å². The molecule has 3 aromatic heterocycles. The Morgan fingerprint density at radius 2 is 1.50 bits per heavy atom. The van der Waals surface area contributed by atoms with Gasteiger partial charge in [-0.3, -0.25) is 9.97 Å². The maximum Gasteiger partial charge on any atom is 0.142 e. The highest BCUT2D eigenvalue weighted by Crippen LogP contribution is 2.45. The van der Waals surface area contributed by atoms with Crippen LogP contribution in [0.3, 0.4) is 0 Å². The first-order chi connectivity index (χ1) is 18.6. The summed E-state index contributed by atoms with van der Waals surface area (Å²) in [6.07, 6.45) is 12.8. The predicted octanol–water partition coefficient (Wildman–Crippen LogP) is 8.33. The average molecular weight is 540 g/mol. The molecule has 0 amide bonds. The maximum absolute atomic E-state index is 12.4. The molecule has 1 atom stereocenters. The normalized spacial score (nSPS) is 15.9. The van der Waals surface area contributed by atoms with E-state index in [0.717, 1.165) is 40.6 Å². The smallest absolute Gasteiger partial charge is 0.142 e. The topological polar surface area (TPSA) is 58.9 Å². The van der Waals surface area contributed by atoms with Gasteiger partial charge in [-0.15, -0.1) is 0 Å². The lowest BCUT2D eigenvalue weighted by atomic mass is 9.79. The number of aromatic nitrogens is 3. The van der Waals surface area contributed by atoms with Crippen LogP contribution in [0.5, 0.6) is 0 Å². The molecule has 1 aliphatic carbocycles. The summed E-state index contributed by atoms with van der Waals surface area (Å²) in [7, 11) is 0. The average Bonchev–Trinajstić information content (AvgIpc) is 2.98. The van der Waals surface area contributed by atoms with Crippen LogP contribution in [0, 0.1) is 0 Å². The molecule has 0 spiro atoms. The van der Waals surface area contributed by atoms with Crippen molar-refractivity contribution in [1.82, 2.24) is 15.0 Å². The predicted molar refractivity (Wildman–Crippen MR) is 154 cm³/mol. The fourth-order valence-corrected chi connectivity index (χ4v) is 6.33. The van der Waals surface area contributed by atoms with Crippen LogP contribution in [0.25, 0.3) is 22.2 Å². The van der Waals surface area contributed by atoms with Gasteiger partial charge in [-0.2, -0.15) is 0 Å². The van der Waals surface area contributed by atoms with Gasteiger partial charge in [0.1, 0.15) is 5.60 Å². The standard InChI is InChI=1S/C32H27Cl2N3O/c33-26-12-4-10-23(17-26)32(38,25-11-6-16-36-20-25)24-13-14-28-27(18-24)30(34)29(21-7-2-1-3-8-21)31(37-28)22-9-5-15-35-19-22/h4-6,9-21,38H,1-3,7-8H2. The Hall–Kier alpha value is -3.31. The minimum absolute atomic E-state index is 0.331. The summed E-state index contributed by atoms with van der Waals surface area (Å²) >= 11 is 13.7. The largest absolute Gasteiger partial charge is 0.376 e. The van der Waals surface area contributed by atoms with Gasteiger partial charge >= 0.3 is 0 Å². The van der Waals surface area contributed by atoms with Crippen molar-refractivity contribution in [2.45, 2.75) is 43.6 Å². The summed E-state index contributed by atoms with van der Waals surface area (Å²) in [5.41, 5.74) is 4.20. The molecule has 190 valence electrons. The highest BCUT2D eigenvalue weighted by molar-refractivity contribution is 6.36. The van der Waals surface area contributed by atoms with E-state index in [-0.39, 0.29) is 0 Å². The Bertz CT molecular complexity index is 1590. The van der Waals surface area contributed by atoms with Crippen molar-refractivity contribution in [3.8, 4) is 11.3 Å². The van der Waals surface area contributed by atoms with E-state index in [1.807, 2.05) is 60.8 Å². The molecule has 1 saturated carbocycles. The van der Waals surface area contributed by atoms with Crippen molar-refractivity contribution in [3.63, 3.8) is 0 Å². The zero-order chi connectivity index (χ0) is 26.1. The van der Waals surface area contributed by atoms with Crippen LogP contribution in [-0.4, -0.2) is 20.1 Å². The molecule has 0 radical (unpaired) electrons. The van der Waals surface area contributed by atoms with E-state index in [2.05, 4.69) is 9.97 Å². The second-order valence-corrected chi connectivity index (χ2v) is 10.8. The van der Waals surface area contributed by atoms with Crippen LogP contribution in [-0.2, 0) is 5.60 Å². The summed E-state index contributed by atoms with van der Waals surface area (Å²) in [6.45, 7) is 0. The van der Waals surface area contributed by atoms with E-state index >= 15 is 0 Å². The summed E-state index contributed by atoms with van der Waals surface area (Å²) in [5, 5.41) is 14.4. The van der Waals surface area contributed by atoms with Crippen molar-refractivity contribution in [2.75, 3.05) is 0 Å². The maximum atomic E-state index is 12.4. The summed E-state index contributed by atoms with van der Waals surface area (Å²) in [5.74, 6) is 0.331. The number of benzene rings is 2. The van der Waals surface area contributed by atoms with E-state index in [9.17, 15) is 5.11 Å². The number of hydrogen-bond acceptors (Lipinski definition) is 4. The first-order valence-corrected chi connectivity index (χ1v) is 13.7. The second kappa shape index (κ2) is 10.5. The third-order valence-electron chi connectivity index (χ3n) is 7.64. The lowest BCUT2D eigenvalue weighted by Crippen LogP contribution is -2.29. The number of fused-ring (bicyclic) bond motifs is 1. The van der Waals surface area contributed by atoms with E-state index in [0.29, 0.717) is 32.7 Å². The molecule has 3 heterocycles. The number of hydrogen-bond donors (Lipinski definition) is 1. The molecule has 1 fully saturated rings. The first kappa shape index (κ1) is 25.0. The van der Waals surface area contributed by atoms with Crippen LogP contribution >= 0.6 is 23.2 Å². The van der Waals surface area contributed by atoms with Crippen molar-refractivity contribution in [2.24, 2.45) is 0 Å². The van der Waals surface area contributed by atoms with Crippen LogP contribution < -0.4 is 0 Å². The molecule has 0 saturated heterocycles. The second-order valence-electron chi connectivity index (χ2n) is 9.96. The van der Waals surface area contributed by atoms with Crippen LogP contribution in [0.15, 0.2) is 91.5 Å². The van der Waals surface area contributed by atoms with Crippen LogP contribution in [0.1, 0.15) is 60.3 Å². The molecule has 6 rings (SSSR count). The molecule has 2 aromatic carbocycles. The Kier molecular flexibility index (Phi) is 6.87. The monoisotopic (exact) mass is 539 g/mol. The zero-order valence-corrected chi connectivity index (χ0v) is 22.3. The van der Waals surface area contributed by atoms with Crippen molar-refractivity contribution >= 4 is 34.1 Å². The SMILES string of the molecule is OC(c1cccnc1)(c1cccc(Cl)c1)c1ccc2nc(-c3cccnc3)c(C3CCCCC3)c(Cl)c2c1. The number of rotatable bonds is 5. The molecule has 4 nitrogen and oxygen atoms in total. The molecule has 1 N–H and O–H groups in total. The van der Waals surface area contributed by atoms with Crippen LogP contribution in [0.4, 0.5) is 0 Å². The molecule has 0 aliphatic heterocycles. The summed E-state index contributed by atoms with van der Waals surface area (Å²) < 4.78 is 0. The minimum Gasteiger partial charge on any atom is -0.376 e. The number of halogens is 2. The lowest BCUT2D eigenvalue weighted by Gasteiger charge is -2.31. The van der Waals surface area contributed by atoms with Gasteiger partial charge in [0.2, 0.25) is 0 Å². The highest BCUT2D eigenvalue weighted by Gasteiger charge is 2.35.